The van der Waals surface area contributed by atoms with Crippen LogP contribution < -0.4 is 15.5 Å². The minimum atomic E-state index is -0.0824. The summed E-state index contributed by atoms with van der Waals surface area (Å²) in [5.41, 5.74) is 2.89. The Balaban J connectivity index is 1.47. The number of rotatable bonds is 4. The molecule has 1 fully saturated rings. The molecule has 0 unspecified atom stereocenters. The molecule has 1 saturated heterocycles. The Morgan fingerprint density at radius 3 is 2.19 bits per heavy atom. The maximum Gasteiger partial charge on any atom is 0.317 e. The highest BCUT2D eigenvalue weighted by Gasteiger charge is 2.21. The number of urea groups is 1. The second-order valence-electron chi connectivity index (χ2n) is 6.49. The van der Waals surface area contributed by atoms with Gasteiger partial charge in [0.05, 0.1) is 0 Å². The third kappa shape index (κ3) is 5.37. The van der Waals surface area contributed by atoms with Crippen LogP contribution in [0.5, 0.6) is 0 Å². The van der Waals surface area contributed by atoms with Gasteiger partial charge in [0.1, 0.15) is 0 Å². The van der Waals surface area contributed by atoms with Crippen molar-refractivity contribution < 1.29 is 9.59 Å². The second kappa shape index (κ2) is 8.77. The summed E-state index contributed by atoms with van der Waals surface area (Å²) in [6.07, 6.45) is 0. The Kier molecular flexibility index (Phi) is 6.19. The minimum Gasteiger partial charge on any atom is -0.368 e. The highest BCUT2D eigenvalue weighted by molar-refractivity contribution is 6.30. The molecule has 27 heavy (non-hydrogen) atoms. The van der Waals surface area contributed by atoms with Gasteiger partial charge in [-0.15, -0.1) is 0 Å². The lowest BCUT2D eigenvalue weighted by Gasteiger charge is -2.36. The lowest BCUT2D eigenvalue weighted by molar-refractivity contribution is -0.114. The van der Waals surface area contributed by atoms with Gasteiger partial charge in [0, 0.05) is 56.0 Å². The van der Waals surface area contributed by atoms with E-state index in [1.54, 1.807) is 0 Å². The summed E-state index contributed by atoms with van der Waals surface area (Å²) in [4.78, 5) is 27.5. The van der Waals surface area contributed by atoms with Crippen molar-refractivity contribution in [1.29, 1.82) is 0 Å². The third-order valence-corrected chi connectivity index (χ3v) is 4.73. The molecule has 0 bridgehead atoms. The van der Waals surface area contributed by atoms with Crippen LogP contribution in [0.1, 0.15) is 12.5 Å². The summed E-state index contributed by atoms with van der Waals surface area (Å²) in [6, 6.07) is 15.2. The van der Waals surface area contributed by atoms with Crippen LogP contribution in [0, 0.1) is 0 Å². The lowest BCUT2D eigenvalue weighted by Crippen LogP contribution is -2.51. The van der Waals surface area contributed by atoms with E-state index in [1.165, 1.54) is 6.92 Å². The van der Waals surface area contributed by atoms with E-state index in [0.717, 1.165) is 30.0 Å². The topological polar surface area (TPSA) is 64.7 Å². The Morgan fingerprint density at radius 1 is 0.963 bits per heavy atom. The van der Waals surface area contributed by atoms with Crippen LogP contribution in [0.25, 0.3) is 0 Å². The summed E-state index contributed by atoms with van der Waals surface area (Å²) in [5, 5.41) is 6.40. The van der Waals surface area contributed by atoms with Crippen molar-refractivity contribution in [3.8, 4) is 0 Å². The molecule has 0 aliphatic carbocycles. The quantitative estimate of drug-likeness (QED) is 0.847. The Morgan fingerprint density at radius 2 is 1.59 bits per heavy atom. The summed E-state index contributed by atoms with van der Waals surface area (Å²) in [7, 11) is 0. The maximum absolute atomic E-state index is 12.4. The number of amides is 3. The van der Waals surface area contributed by atoms with Crippen molar-refractivity contribution in [3.63, 3.8) is 0 Å². The molecule has 2 aromatic rings. The Labute approximate surface area is 164 Å². The van der Waals surface area contributed by atoms with E-state index in [-0.39, 0.29) is 11.9 Å². The van der Waals surface area contributed by atoms with Crippen LogP contribution in [0.3, 0.4) is 0 Å². The van der Waals surface area contributed by atoms with Gasteiger partial charge in [0.2, 0.25) is 5.91 Å². The molecule has 1 aliphatic rings. The summed E-state index contributed by atoms with van der Waals surface area (Å²) < 4.78 is 0. The van der Waals surface area contributed by atoms with Crippen molar-refractivity contribution in [2.24, 2.45) is 0 Å². The number of nitrogens with zero attached hydrogens (tertiary/aromatic N) is 2. The standard InChI is InChI=1S/C20H23ClN4O2/c1-15(26)23-18-6-8-19(9-7-18)24-10-12-25(13-11-24)20(27)22-14-16-2-4-17(21)5-3-16/h2-9H,10-14H2,1H3,(H,22,27)(H,23,26). The lowest BCUT2D eigenvalue weighted by atomic mass is 10.2. The van der Waals surface area contributed by atoms with Crippen LogP contribution in [-0.2, 0) is 11.3 Å². The summed E-state index contributed by atoms with van der Waals surface area (Å²) >= 11 is 5.87. The number of carbonyl (C=O) groups is 2. The molecule has 3 rings (SSSR count). The minimum absolute atomic E-state index is 0.0504. The fourth-order valence-electron chi connectivity index (χ4n) is 3.02. The van der Waals surface area contributed by atoms with E-state index in [0.29, 0.717) is 24.7 Å². The molecule has 0 atom stereocenters. The molecule has 6 nitrogen and oxygen atoms in total. The van der Waals surface area contributed by atoms with Gasteiger partial charge < -0.3 is 20.4 Å². The molecule has 0 spiro atoms. The number of nitrogens with one attached hydrogen (secondary N) is 2. The predicted molar refractivity (Wildman–Crippen MR) is 108 cm³/mol. The van der Waals surface area contributed by atoms with Crippen LogP contribution in [0.4, 0.5) is 16.2 Å². The number of halogens is 1. The molecule has 1 aliphatic heterocycles. The van der Waals surface area contributed by atoms with Gasteiger partial charge in [0.25, 0.3) is 0 Å². The zero-order chi connectivity index (χ0) is 19.2. The largest absolute Gasteiger partial charge is 0.368 e. The first kappa shape index (κ1) is 19.0. The average Bonchev–Trinajstić information content (AvgIpc) is 2.67. The molecule has 3 amide bonds. The Hall–Kier alpha value is -2.73. The molecule has 1 heterocycles. The number of hydrogen-bond donors (Lipinski definition) is 2. The van der Waals surface area contributed by atoms with Crippen LogP contribution in [0.15, 0.2) is 48.5 Å². The molecule has 2 N–H and O–H groups in total. The number of hydrogen-bond acceptors (Lipinski definition) is 3. The maximum atomic E-state index is 12.4. The zero-order valence-electron chi connectivity index (χ0n) is 15.2. The fourth-order valence-corrected chi connectivity index (χ4v) is 3.14. The molecule has 0 aromatic heterocycles. The molecule has 2 aromatic carbocycles. The number of carbonyl (C=O) groups excluding carboxylic acids is 2. The second-order valence-corrected chi connectivity index (χ2v) is 6.92. The van der Waals surface area contributed by atoms with Gasteiger partial charge in [-0.2, -0.15) is 0 Å². The van der Waals surface area contributed by atoms with E-state index >= 15 is 0 Å². The Bertz CT molecular complexity index is 785. The molecular formula is C20H23ClN4O2. The molecule has 7 heteroatoms. The number of piperazine rings is 1. The van der Waals surface area contributed by atoms with E-state index in [2.05, 4.69) is 15.5 Å². The van der Waals surface area contributed by atoms with Crippen LogP contribution in [0.2, 0.25) is 5.02 Å². The summed E-state index contributed by atoms with van der Waals surface area (Å²) in [6.45, 7) is 4.85. The monoisotopic (exact) mass is 386 g/mol. The van der Waals surface area contributed by atoms with E-state index in [9.17, 15) is 9.59 Å². The van der Waals surface area contributed by atoms with Crippen molar-refractivity contribution in [2.75, 3.05) is 36.4 Å². The average molecular weight is 387 g/mol. The molecule has 0 saturated carbocycles. The highest BCUT2D eigenvalue weighted by Crippen LogP contribution is 2.19. The van der Waals surface area contributed by atoms with Gasteiger partial charge >= 0.3 is 6.03 Å². The molecule has 142 valence electrons. The van der Waals surface area contributed by atoms with Crippen molar-refractivity contribution in [2.45, 2.75) is 13.5 Å². The molecular weight excluding hydrogens is 364 g/mol. The first-order valence-electron chi connectivity index (χ1n) is 8.91. The smallest absolute Gasteiger partial charge is 0.317 e. The van der Waals surface area contributed by atoms with E-state index < -0.39 is 0 Å². The predicted octanol–water partition coefficient (Wildman–Crippen LogP) is 3.33. The van der Waals surface area contributed by atoms with E-state index in [1.807, 2.05) is 53.4 Å². The van der Waals surface area contributed by atoms with Crippen molar-refractivity contribution in [1.82, 2.24) is 10.2 Å². The zero-order valence-corrected chi connectivity index (χ0v) is 16.0. The van der Waals surface area contributed by atoms with Crippen LogP contribution >= 0.6 is 11.6 Å². The summed E-state index contributed by atoms with van der Waals surface area (Å²) in [5.74, 6) is -0.0824. The number of benzene rings is 2. The van der Waals surface area contributed by atoms with Crippen molar-refractivity contribution >= 4 is 34.9 Å². The van der Waals surface area contributed by atoms with Crippen molar-refractivity contribution in [3.05, 3.63) is 59.1 Å². The first-order valence-corrected chi connectivity index (χ1v) is 9.29. The van der Waals surface area contributed by atoms with Gasteiger partial charge in [-0.1, -0.05) is 23.7 Å². The fraction of sp³-hybridized carbons (Fsp3) is 0.300. The van der Waals surface area contributed by atoms with Gasteiger partial charge in [0.15, 0.2) is 0 Å². The molecule has 0 radical (unpaired) electrons. The van der Waals surface area contributed by atoms with Gasteiger partial charge in [-0.05, 0) is 42.0 Å². The van der Waals surface area contributed by atoms with Crippen LogP contribution in [-0.4, -0.2) is 43.0 Å². The highest BCUT2D eigenvalue weighted by atomic mass is 35.5. The normalized spacial score (nSPS) is 14.0. The SMILES string of the molecule is CC(=O)Nc1ccc(N2CCN(C(=O)NCc3ccc(Cl)cc3)CC2)cc1. The van der Waals surface area contributed by atoms with E-state index in [4.69, 9.17) is 11.6 Å². The van der Waals surface area contributed by atoms with Gasteiger partial charge in [-0.3, -0.25) is 4.79 Å². The first-order chi connectivity index (χ1) is 13.0. The number of anilines is 2. The third-order valence-electron chi connectivity index (χ3n) is 4.48. The van der Waals surface area contributed by atoms with Gasteiger partial charge in [-0.25, -0.2) is 4.79 Å².